The van der Waals surface area contributed by atoms with Gasteiger partial charge in [-0.2, -0.15) is 0 Å². The molecule has 0 aromatic carbocycles. The number of fused-ring (bicyclic) bond motifs is 2. The molecule has 3 atom stereocenters. The van der Waals surface area contributed by atoms with E-state index in [0.29, 0.717) is 24.0 Å². The van der Waals surface area contributed by atoms with Crippen LogP contribution in [0.5, 0.6) is 0 Å². The van der Waals surface area contributed by atoms with Gasteiger partial charge in [0.25, 0.3) is 0 Å². The van der Waals surface area contributed by atoms with Gasteiger partial charge < -0.3 is 9.47 Å². The lowest BCUT2D eigenvalue weighted by Crippen LogP contribution is -2.19. The molecule has 3 heterocycles. The first kappa shape index (κ1) is 12.5. The first-order valence-corrected chi connectivity index (χ1v) is 6.85. The van der Waals surface area contributed by atoms with Gasteiger partial charge in [0.2, 0.25) is 0 Å². The Bertz CT molecular complexity index is 503. The molecule has 19 heavy (non-hydrogen) atoms. The zero-order chi connectivity index (χ0) is 13.4. The number of esters is 1. The fourth-order valence-corrected chi connectivity index (χ4v) is 2.98. The number of carbonyl (C=O) groups excluding carboxylic acids is 1. The summed E-state index contributed by atoms with van der Waals surface area (Å²) < 4.78 is 10.8. The summed E-state index contributed by atoms with van der Waals surface area (Å²) in [6.45, 7) is 3.97. The highest BCUT2D eigenvalue weighted by Crippen LogP contribution is 2.43. The molecule has 102 valence electrons. The molecule has 0 aliphatic carbocycles. The maximum absolute atomic E-state index is 11.7. The second-order valence-corrected chi connectivity index (χ2v) is 5.16. The molecule has 2 saturated heterocycles. The summed E-state index contributed by atoms with van der Waals surface area (Å²) in [6, 6.07) is 0. The lowest BCUT2D eigenvalue weighted by Gasteiger charge is -2.17. The van der Waals surface area contributed by atoms with Gasteiger partial charge in [-0.15, -0.1) is 0 Å². The quantitative estimate of drug-likeness (QED) is 0.780. The van der Waals surface area contributed by atoms with Crippen LogP contribution >= 0.6 is 0 Å². The molecule has 0 saturated carbocycles. The van der Waals surface area contributed by atoms with Gasteiger partial charge in [-0.3, -0.25) is 0 Å². The van der Waals surface area contributed by atoms with Gasteiger partial charge in [0.15, 0.2) is 0 Å². The predicted octanol–water partition coefficient (Wildman–Crippen LogP) is 2.00. The summed E-state index contributed by atoms with van der Waals surface area (Å²) in [5.74, 6) is 0.738. The van der Waals surface area contributed by atoms with E-state index >= 15 is 0 Å². The molecule has 2 bridgehead atoms. The molecule has 3 rings (SSSR count). The van der Waals surface area contributed by atoms with Gasteiger partial charge in [-0.05, 0) is 33.1 Å². The molecule has 0 radical (unpaired) electrons. The van der Waals surface area contributed by atoms with Crippen LogP contribution in [0, 0.1) is 6.92 Å². The van der Waals surface area contributed by atoms with Crippen LogP contribution in [0.3, 0.4) is 0 Å². The van der Waals surface area contributed by atoms with Crippen molar-refractivity contribution in [3.8, 4) is 0 Å². The first-order valence-electron chi connectivity index (χ1n) is 6.85. The van der Waals surface area contributed by atoms with Crippen molar-refractivity contribution in [2.24, 2.45) is 0 Å². The highest BCUT2D eigenvalue weighted by molar-refractivity contribution is 5.90. The Hall–Kier alpha value is -1.49. The minimum absolute atomic E-state index is 0.262. The first-order chi connectivity index (χ1) is 9.19. The van der Waals surface area contributed by atoms with Gasteiger partial charge >= 0.3 is 5.97 Å². The maximum atomic E-state index is 11.7. The smallest absolute Gasteiger partial charge is 0.341 e. The lowest BCUT2D eigenvalue weighted by molar-refractivity contribution is 0.0524. The summed E-state index contributed by atoms with van der Waals surface area (Å²) >= 11 is 0. The zero-order valence-corrected chi connectivity index (χ0v) is 11.3. The summed E-state index contributed by atoms with van der Waals surface area (Å²) in [4.78, 5) is 20.5. The van der Waals surface area contributed by atoms with Crippen LogP contribution < -0.4 is 0 Å². The molecule has 2 aliphatic rings. The molecule has 1 aromatic heterocycles. The molecule has 0 N–H and O–H groups in total. The molecular formula is C14H18N2O3. The van der Waals surface area contributed by atoms with Crippen molar-refractivity contribution in [3.63, 3.8) is 0 Å². The molecule has 2 aliphatic heterocycles. The van der Waals surface area contributed by atoms with E-state index in [1.807, 2.05) is 6.92 Å². The molecular weight excluding hydrogens is 244 g/mol. The Morgan fingerprint density at radius 3 is 2.95 bits per heavy atom. The van der Waals surface area contributed by atoms with Gasteiger partial charge in [0, 0.05) is 12.1 Å². The monoisotopic (exact) mass is 262 g/mol. The van der Waals surface area contributed by atoms with Crippen LogP contribution in [0.1, 0.15) is 54.0 Å². The molecule has 5 heteroatoms. The Labute approximate surface area is 112 Å². The van der Waals surface area contributed by atoms with Crippen LogP contribution in [0.25, 0.3) is 0 Å². The highest BCUT2D eigenvalue weighted by atomic mass is 16.5. The van der Waals surface area contributed by atoms with Crippen molar-refractivity contribution in [1.82, 2.24) is 9.97 Å². The van der Waals surface area contributed by atoms with E-state index in [0.717, 1.165) is 25.1 Å². The zero-order valence-electron chi connectivity index (χ0n) is 11.3. The second-order valence-electron chi connectivity index (χ2n) is 5.16. The van der Waals surface area contributed by atoms with E-state index in [-0.39, 0.29) is 18.0 Å². The topological polar surface area (TPSA) is 61.3 Å². The third-order valence-corrected chi connectivity index (χ3v) is 3.93. The fraction of sp³-hybridized carbons (Fsp3) is 0.643. The van der Waals surface area contributed by atoms with Crippen molar-refractivity contribution in [3.05, 3.63) is 23.3 Å². The number of carbonyl (C=O) groups is 1. The second kappa shape index (κ2) is 4.89. The molecule has 3 unspecified atom stereocenters. The van der Waals surface area contributed by atoms with Crippen molar-refractivity contribution >= 4 is 5.97 Å². The van der Waals surface area contributed by atoms with Crippen LogP contribution in [-0.4, -0.2) is 34.8 Å². The van der Waals surface area contributed by atoms with Gasteiger partial charge in [0.1, 0.15) is 5.82 Å². The Morgan fingerprint density at radius 2 is 2.37 bits per heavy atom. The Balaban J connectivity index is 1.81. The molecule has 5 nitrogen and oxygen atoms in total. The standard InChI is InChI=1S/C14H18N2O3/c1-3-18-14(17)11-7-15-13(16-8(11)2)10-6-9-4-5-12(10)19-9/h7,9-10,12H,3-6H2,1-2H3. The molecule has 0 spiro atoms. The lowest BCUT2D eigenvalue weighted by atomic mass is 9.88. The number of hydrogen-bond acceptors (Lipinski definition) is 5. The van der Waals surface area contributed by atoms with Gasteiger partial charge in [-0.1, -0.05) is 0 Å². The molecule has 1 aromatic rings. The van der Waals surface area contributed by atoms with Crippen LogP contribution in [-0.2, 0) is 9.47 Å². The van der Waals surface area contributed by atoms with Crippen LogP contribution in [0.2, 0.25) is 0 Å². The number of aromatic nitrogens is 2. The normalized spacial score (nSPS) is 28.6. The van der Waals surface area contributed by atoms with Crippen LogP contribution in [0.15, 0.2) is 6.20 Å². The fourth-order valence-electron chi connectivity index (χ4n) is 2.98. The van der Waals surface area contributed by atoms with E-state index in [1.165, 1.54) is 0 Å². The summed E-state index contributed by atoms with van der Waals surface area (Å²) in [5.41, 5.74) is 1.14. The Kier molecular flexibility index (Phi) is 3.22. The van der Waals surface area contributed by atoms with E-state index in [1.54, 1.807) is 13.1 Å². The van der Waals surface area contributed by atoms with Crippen molar-refractivity contribution in [2.75, 3.05) is 6.61 Å². The van der Waals surface area contributed by atoms with E-state index in [9.17, 15) is 4.79 Å². The third-order valence-electron chi connectivity index (χ3n) is 3.93. The summed E-state index contributed by atoms with van der Waals surface area (Å²) in [5, 5.41) is 0. The predicted molar refractivity (Wildman–Crippen MR) is 68.0 cm³/mol. The largest absolute Gasteiger partial charge is 0.462 e. The van der Waals surface area contributed by atoms with Crippen molar-refractivity contribution in [1.29, 1.82) is 0 Å². The minimum atomic E-state index is -0.351. The van der Waals surface area contributed by atoms with Crippen molar-refractivity contribution < 1.29 is 14.3 Å². The number of rotatable bonds is 3. The Morgan fingerprint density at radius 1 is 1.53 bits per heavy atom. The summed E-state index contributed by atoms with van der Waals surface area (Å²) in [6.07, 6.45) is 5.48. The number of nitrogens with zero attached hydrogens (tertiary/aromatic N) is 2. The van der Waals surface area contributed by atoms with Gasteiger partial charge in [-0.25, -0.2) is 14.8 Å². The van der Waals surface area contributed by atoms with E-state index in [2.05, 4.69) is 9.97 Å². The van der Waals surface area contributed by atoms with E-state index in [4.69, 9.17) is 9.47 Å². The highest BCUT2D eigenvalue weighted by Gasteiger charge is 2.43. The third kappa shape index (κ3) is 2.23. The van der Waals surface area contributed by atoms with Crippen LogP contribution in [0.4, 0.5) is 0 Å². The van der Waals surface area contributed by atoms with E-state index < -0.39 is 0 Å². The average molecular weight is 262 g/mol. The minimum Gasteiger partial charge on any atom is -0.462 e. The number of hydrogen-bond donors (Lipinski definition) is 0. The molecule has 0 amide bonds. The summed E-state index contributed by atoms with van der Waals surface area (Å²) in [7, 11) is 0. The number of ether oxygens (including phenoxy) is 2. The average Bonchev–Trinajstić information content (AvgIpc) is 3.01. The maximum Gasteiger partial charge on any atom is 0.341 e. The molecule has 2 fully saturated rings. The van der Waals surface area contributed by atoms with Gasteiger partial charge in [0.05, 0.1) is 30.1 Å². The SMILES string of the molecule is CCOC(=O)c1cnc(C2CC3CCC2O3)nc1C. The number of aryl methyl sites for hydroxylation is 1. The van der Waals surface area contributed by atoms with Crippen molar-refractivity contribution in [2.45, 2.75) is 51.2 Å².